The molecule has 0 saturated carbocycles. The van der Waals surface area contributed by atoms with Gasteiger partial charge in [-0.3, -0.25) is 4.79 Å². The van der Waals surface area contributed by atoms with Crippen LogP contribution in [0, 0.1) is 5.41 Å². The van der Waals surface area contributed by atoms with E-state index < -0.39 is 5.60 Å². The number of benzene rings is 1. The van der Waals surface area contributed by atoms with E-state index in [1.807, 2.05) is 19.1 Å². The number of rotatable bonds is 4. The predicted molar refractivity (Wildman–Crippen MR) is 127 cm³/mol. The lowest BCUT2D eigenvalue weighted by atomic mass is 9.78. The van der Waals surface area contributed by atoms with Crippen molar-refractivity contribution in [1.82, 2.24) is 14.6 Å². The van der Waals surface area contributed by atoms with Crippen LogP contribution in [0.15, 0.2) is 36.8 Å². The van der Waals surface area contributed by atoms with Gasteiger partial charge < -0.3 is 24.8 Å². The number of ether oxygens (including phenoxy) is 2. The number of hydrogen-bond donors (Lipinski definition) is 2. The minimum atomic E-state index is -0.651. The molecule has 3 aliphatic heterocycles. The third-order valence-corrected chi connectivity index (χ3v) is 7.56. The maximum Gasteiger partial charge on any atom is 0.261 e. The van der Waals surface area contributed by atoms with Crippen molar-refractivity contribution in [2.24, 2.45) is 5.41 Å². The second-order valence-corrected chi connectivity index (χ2v) is 10.1. The molecule has 1 atom stereocenters. The molecule has 2 aromatic heterocycles. The SMILES string of the molecule is C[C@@]1(CO)Cc2cc(NC(=O)c3cnn4cccnc34)c(N3CCC4(CCOC4)CC3)cc2O1. The van der Waals surface area contributed by atoms with Crippen molar-refractivity contribution in [1.29, 1.82) is 0 Å². The number of nitrogens with zero attached hydrogens (tertiary/aromatic N) is 4. The highest BCUT2D eigenvalue weighted by Gasteiger charge is 2.40. The van der Waals surface area contributed by atoms with Gasteiger partial charge >= 0.3 is 0 Å². The van der Waals surface area contributed by atoms with Crippen LogP contribution in [-0.2, 0) is 11.2 Å². The van der Waals surface area contributed by atoms with Crippen molar-refractivity contribution in [2.45, 2.75) is 38.2 Å². The molecule has 3 aliphatic rings. The Labute approximate surface area is 197 Å². The molecule has 5 heterocycles. The molecular formula is C25H29N5O4. The molecule has 0 bridgehead atoms. The van der Waals surface area contributed by atoms with E-state index in [1.54, 1.807) is 29.2 Å². The van der Waals surface area contributed by atoms with Gasteiger partial charge in [-0.25, -0.2) is 9.50 Å². The monoisotopic (exact) mass is 463 g/mol. The lowest BCUT2D eigenvalue weighted by Gasteiger charge is -2.40. The molecule has 34 heavy (non-hydrogen) atoms. The lowest BCUT2D eigenvalue weighted by Crippen LogP contribution is -2.40. The number of aromatic nitrogens is 3. The zero-order valence-electron chi connectivity index (χ0n) is 19.3. The van der Waals surface area contributed by atoms with Gasteiger partial charge in [0.1, 0.15) is 16.9 Å². The smallest absolute Gasteiger partial charge is 0.261 e. The number of fused-ring (bicyclic) bond motifs is 2. The molecule has 0 aliphatic carbocycles. The number of piperidine rings is 1. The minimum Gasteiger partial charge on any atom is -0.484 e. The fourth-order valence-electron chi connectivity index (χ4n) is 5.44. The van der Waals surface area contributed by atoms with E-state index in [2.05, 4.69) is 20.3 Å². The Morgan fingerprint density at radius 1 is 1.26 bits per heavy atom. The number of nitrogens with one attached hydrogen (secondary N) is 1. The third-order valence-electron chi connectivity index (χ3n) is 7.56. The Morgan fingerprint density at radius 3 is 2.88 bits per heavy atom. The number of carbonyl (C=O) groups is 1. The van der Waals surface area contributed by atoms with E-state index >= 15 is 0 Å². The molecule has 2 fully saturated rings. The van der Waals surface area contributed by atoms with Crippen LogP contribution in [0.1, 0.15) is 42.1 Å². The molecule has 2 N–H and O–H groups in total. The van der Waals surface area contributed by atoms with Gasteiger partial charge in [-0.2, -0.15) is 5.10 Å². The van der Waals surface area contributed by atoms with Crippen LogP contribution in [0.5, 0.6) is 5.75 Å². The first-order valence-electron chi connectivity index (χ1n) is 11.9. The van der Waals surface area contributed by atoms with Crippen molar-refractivity contribution in [3.8, 4) is 5.75 Å². The highest BCUT2D eigenvalue weighted by atomic mass is 16.5. The van der Waals surface area contributed by atoms with E-state index in [4.69, 9.17) is 9.47 Å². The van der Waals surface area contributed by atoms with Crippen molar-refractivity contribution in [2.75, 3.05) is 43.1 Å². The van der Waals surface area contributed by atoms with Crippen LogP contribution in [0.4, 0.5) is 11.4 Å². The average Bonchev–Trinajstić information content (AvgIpc) is 3.56. The first-order chi connectivity index (χ1) is 16.5. The van der Waals surface area contributed by atoms with Crippen molar-refractivity contribution in [3.63, 3.8) is 0 Å². The molecule has 1 amide bonds. The quantitative estimate of drug-likeness (QED) is 0.613. The largest absolute Gasteiger partial charge is 0.484 e. The van der Waals surface area contributed by atoms with Gasteiger partial charge in [-0.15, -0.1) is 0 Å². The number of hydrogen-bond acceptors (Lipinski definition) is 7. The summed E-state index contributed by atoms with van der Waals surface area (Å²) < 4.78 is 13.4. The fourth-order valence-corrected chi connectivity index (χ4v) is 5.44. The van der Waals surface area contributed by atoms with E-state index in [0.717, 1.165) is 68.3 Å². The first-order valence-corrected chi connectivity index (χ1v) is 11.9. The maximum atomic E-state index is 13.3. The van der Waals surface area contributed by atoms with Gasteiger partial charge in [0.2, 0.25) is 0 Å². The highest BCUT2D eigenvalue weighted by molar-refractivity contribution is 6.09. The summed E-state index contributed by atoms with van der Waals surface area (Å²) in [5.74, 6) is 0.517. The summed E-state index contributed by atoms with van der Waals surface area (Å²) in [7, 11) is 0. The number of aliphatic hydroxyl groups is 1. The van der Waals surface area contributed by atoms with E-state index in [0.29, 0.717) is 17.6 Å². The summed E-state index contributed by atoms with van der Waals surface area (Å²) in [5.41, 5.74) is 3.22. The molecular weight excluding hydrogens is 434 g/mol. The molecule has 178 valence electrons. The molecule has 0 unspecified atom stereocenters. The Bertz CT molecular complexity index is 1240. The van der Waals surface area contributed by atoms with Gasteiger partial charge in [0.05, 0.1) is 30.8 Å². The summed E-state index contributed by atoms with van der Waals surface area (Å²) in [4.78, 5) is 19.9. The van der Waals surface area contributed by atoms with Gasteiger partial charge in [-0.1, -0.05) is 0 Å². The minimum absolute atomic E-state index is 0.0704. The highest BCUT2D eigenvalue weighted by Crippen LogP contribution is 2.45. The summed E-state index contributed by atoms with van der Waals surface area (Å²) in [6.07, 6.45) is 8.78. The van der Waals surface area contributed by atoms with Gasteiger partial charge in [-0.05, 0) is 43.7 Å². The lowest BCUT2D eigenvalue weighted by molar-refractivity contribution is 0.0447. The molecule has 9 nitrogen and oxygen atoms in total. The first kappa shape index (κ1) is 21.4. The Hall–Kier alpha value is -3.17. The topological polar surface area (TPSA) is 101 Å². The Morgan fingerprint density at radius 2 is 2.12 bits per heavy atom. The van der Waals surface area contributed by atoms with Crippen LogP contribution >= 0.6 is 0 Å². The second kappa shape index (κ2) is 7.95. The normalized spacial score (nSPS) is 23.3. The maximum absolute atomic E-state index is 13.3. The standard InChI is InChI=1S/C25H29N5O4/c1-24(15-31)13-17-11-19(28-23(32)18-14-27-30-7-2-6-26-22(18)30)20(12-21(17)34-24)29-8-3-25(4-9-29)5-10-33-16-25/h2,6-7,11-12,14,31H,3-5,8-10,13,15-16H2,1H3,(H,28,32)/t24-/m0/s1. The number of aliphatic hydroxyl groups excluding tert-OH is 1. The molecule has 2 saturated heterocycles. The van der Waals surface area contributed by atoms with Gasteiger partial charge in [0.25, 0.3) is 5.91 Å². The summed E-state index contributed by atoms with van der Waals surface area (Å²) in [5, 5.41) is 17.2. The molecule has 0 radical (unpaired) electrons. The number of anilines is 2. The van der Waals surface area contributed by atoms with Gasteiger partial charge in [0.15, 0.2) is 5.65 Å². The fraction of sp³-hybridized carbons (Fsp3) is 0.480. The van der Waals surface area contributed by atoms with Crippen molar-refractivity contribution < 1.29 is 19.4 Å². The van der Waals surface area contributed by atoms with E-state index in [1.165, 1.54) is 0 Å². The molecule has 9 heteroatoms. The van der Waals surface area contributed by atoms with E-state index in [-0.39, 0.29) is 17.9 Å². The van der Waals surface area contributed by atoms with Crippen LogP contribution in [-0.4, -0.2) is 64.1 Å². The van der Waals surface area contributed by atoms with E-state index in [9.17, 15) is 9.90 Å². The summed E-state index contributed by atoms with van der Waals surface area (Å²) in [6, 6.07) is 5.78. The van der Waals surface area contributed by atoms with Crippen molar-refractivity contribution in [3.05, 3.63) is 47.9 Å². The zero-order chi connectivity index (χ0) is 23.3. The molecule has 6 rings (SSSR count). The average molecular weight is 464 g/mol. The van der Waals surface area contributed by atoms with Crippen LogP contribution in [0.3, 0.4) is 0 Å². The Kier molecular flexibility index (Phi) is 5.00. The number of carbonyl (C=O) groups excluding carboxylic acids is 1. The number of amides is 1. The Balaban J connectivity index is 1.33. The molecule has 1 aromatic carbocycles. The van der Waals surface area contributed by atoms with Gasteiger partial charge in [0, 0.05) is 50.1 Å². The second-order valence-electron chi connectivity index (χ2n) is 10.1. The third kappa shape index (κ3) is 3.59. The summed E-state index contributed by atoms with van der Waals surface area (Å²) in [6.45, 7) is 5.30. The zero-order valence-corrected chi connectivity index (χ0v) is 19.3. The van der Waals surface area contributed by atoms with Crippen molar-refractivity contribution >= 4 is 22.9 Å². The van der Waals surface area contributed by atoms with Crippen LogP contribution < -0.4 is 15.0 Å². The molecule has 1 spiro atoms. The predicted octanol–water partition coefficient (Wildman–Crippen LogP) is 2.67. The summed E-state index contributed by atoms with van der Waals surface area (Å²) >= 11 is 0. The van der Waals surface area contributed by atoms with Crippen LogP contribution in [0.25, 0.3) is 5.65 Å². The molecule has 3 aromatic rings. The van der Waals surface area contributed by atoms with Crippen LogP contribution in [0.2, 0.25) is 0 Å².